The zero-order valence-electron chi connectivity index (χ0n) is 10.4. The average Bonchev–Trinajstić information content (AvgIpc) is 2.39. The topological polar surface area (TPSA) is 38.3 Å². The van der Waals surface area contributed by atoms with Crippen LogP contribution < -0.4 is 10.1 Å². The van der Waals surface area contributed by atoms with E-state index < -0.39 is 0 Å². The van der Waals surface area contributed by atoms with Gasteiger partial charge in [-0.25, -0.2) is 0 Å². The van der Waals surface area contributed by atoms with Gasteiger partial charge in [0.15, 0.2) is 0 Å². The number of rotatable bonds is 3. The number of amides is 1. The number of hydrogen-bond donors (Lipinski definition) is 1. The number of carbonyl (C=O) groups is 1. The van der Waals surface area contributed by atoms with Gasteiger partial charge in [-0.15, -0.1) is 0 Å². The van der Waals surface area contributed by atoms with Crippen LogP contribution in [0.2, 0.25) is 0 Å². The van der Waals surface area contributed by atoms with E-state index in [0.717, 1.165) is 11.3 Å². The zero-order chi connectivity index (χ0) is 13.0. The lowest BCUT2D eigenvalue weighted by Gasteiger charge is -2.11. The predicted octanol–water partition coefficient (Wildman–Crippen LogP) is 3.26. The molecule has 2 aromatic carbocycles. The van der Waals surface area contributed by atoms with Crippen LogP contribution in [0.15, 0.2) is 48.5 Å². The average molecular weight is 241 g/mol. The van der Waals surface area contributed by atoms with Crippen molar-refractivity contribution in [3.05, 3.63) is 59.7 Å². The Balaban J connectivity index is 2.29. The van der Waals surface area contributed by atoms with E-state index in [4.69, 9.17) is 4.74 Å². The van der Waals surface area contributed by atoms with E-state index in [0.29, 0.717) is 11.3 Å². The van der Waals surface area contributed by atoms with Crippen molar-refractivity contribution in [2.45, 2.75) is 6.92 Å². The second-order valence-corrected chi connectivity index (χ2v) is 3.97. The summed E-state index contributed by atoms with van der Waals surface area (Å²) in [5, 5.41) is 2.85. The van der Waals surface area contributed by atoms with Crippen LogP contribution in [0.3, 0.4) is 0 Å². The van der Waals surface area contributed by atoms with Gasteiger partial charge in [-0.2, -0.15) is 0 Å². The third kappa shape index (κ3) is 2.51. The predicted molar refractivity (Wildman–Crippen MR) is 72.1 cm³/mol. The summed E-state index contributed by atoms with van der Waals surface area (Å²) in [5.41, 5.74) is 2.24. The molecule has 1 amide bonds. The maximum Gasteiger partial charge on any atom is 0.259 e. The van der Waals surface area contributed by atoms with E-state index in [1.54, 1.807) is 13.2 Å². The fraction of sp³-hybridized carbons (Fsp3) is 0.133. The summed E-state index contributed by atoms with van der Waals surface area (Å²) >= 11 is 0. The molecule has 0 saturated carbocycles. The zero-order valence-corrected chi connectivity index (χ0v) is 10.4. The fourth-order valence-electron chi connectivity index (χ4n) is 1.82. The molecule has 18 heavy (non-hydrogen) atoms. The van der Waals surface area contributed by atoms with E-state index in [-0.39, 0.29) is 5.91 Å². The number of aryl methyl sites for hydroxylation is 1. The quantitative estimate of drug-likeness (QED) is 0.895. The summed E-state index contributed by atoms with van der Waals surface area (Å²) in [5.74, 6) is 0.430. The van der Waals surface area contributed by atoms with E-state index in [2.05, 4.69) is 5.32 Å². The van der Waals surface area contributed by atoms with Crippen molar-refractivity contribution in [3.8, 4) is 5.75 Å². The van der Waals surface area contributed by atoms with Gasteiger partial charge in [-0.05, 0) is 30.7 Å². The molecule has 0 unspecified atom stereocenters. The highest BCUT2D eigenvalue weighted by Crippen LogP contribution is 2.22. The van der Waals surface area contributed by atoms with Gasteiger partial charge in [0.1, 0.15) is 5.75 Å². The normalized spacial score (nSPS) is 9.89. The van der Waals surface area contributed by atoms with E-state index in [1.807, 2.05) is 49.4 Å². The number of benzene rings is 2. The minimum absolute atomic E-state index is 0.156. The first-order valence-electron chi connectivity index (χ1n) is 5.72. The molecule has 2 aromatic rings. The van der Waals surface area contributed by atoms with Crippen molar-refractivity contribution >= 4 is 11.6 Å². The van der Waals surface area contributed by atoms with Crippen LogP contribution in [-0.2, 0) is 0 Å². The van der Waals surface area contributed by atoms with Crippen LogP contribution in [0.5, 0.6) is 5.75 Å². The molecule has 0 fully saturated rings. The maximum atomic E-state index is 12.2. The second-order valence-electron chi connectivity index (χ2n) is 3.97. The lowest BCUT2D eigenvalue weighted by molar-refractivity contribution is 0.102. The molecule has 3 nitrogen and oxygen atoms in total. The van der Waals surface area contributed by atoms with Gasteiger partial charge in [-0.3, -0.25) is 4.79 Å². The molecule has 0 radical (unpaired) electrons. The Hall–Kier alpha value is -2.29. The Morgan fingerprint density at radius 2 is 1.78 bits per heavy atom. The largest absolute Gasteiger partial charge is 0.496 e. The number of methoxy groups -OCH3 is 1. The smallest absolute Gasteiger partial charge is 0.259 e. The summed E-state index contributed by atoms with van der Waals surface area (Å²) in [7, 11) is 1.56. The maximum absolute atomic E-state index is 12.2. The lowest BCUT2D eigenvalue weighted by Crippen LogP contribution is -2.14. The SMILES string of the molecule is COc1cccc(C)c1C(=O)Nc1ccccc1. The van der Waals surface area contributed by atoms with Crippen LogP contribution in [0.1, 0.15) is 15.9 Å². The van der Waals surface area contributed by atoms with Gasteiger partial charge in [0.25, 0.3) is 5.91 Å². The van der Waals surface area contributed by atoms with Gasteiger partial charge in [0.05, 0.1) is 12.7 Å². The molecule has 0 heterocycles. The summed E-state index contributed by atoms with van der Waals surface area (Å²) in [4.78, 5) is 12.2. The monoisotopic (exact) mass is 241 g/mol. The molecule has 0 aliphatic rings. The minimum atomic E-state index is -0.156. The van der Waals surface area contributed by atoms with Crippen molar-refractivity contribution in [1.82, 2.24) is 0 Å². The van der Waals surface area contributed by atoms with E-state index >= 15 is 0 Å². The van der Waals surface area contributed by atoms with E-state index in [1.165, 1.54) is 0 Å². The molecule has 0 bridgehead atoms. The number of nitrogens with one attached hydrogen (secondary N) is 1. The number of ether oxygens (including phenoxy) is 1. The van der Waals surface area contributed by atoms with Crippen molar-refractivity contribution in [3.63, 3.8) is 0 Å². The molecule has 0 aliphatic carbocycles. The van der Waals surface area contributed by atoms with Crippen molar-refractivity contribution < 1.29 is 9.53 Å². The van der Waals surface area contributed by atoms with E-state index in [9.17, 15) is 4.79 Å². The number of para-hydroxylation sites is 1. The second kappa shape index (κ2) is 5.36. The number of hydrogen-bond acceptors (Lipinski definition) is 2. The first kappa shape index (κ1) is 12.2. The molecule has 0 saturated heterocycles. The van der Waals surface area contributed by atoms with Crippen LogP contribution in [0, 0.1) is 6.92 Å². The highest BCUT2D eigenvalue weighted by atomic mass is 16.5. The van der Waals surface area contributed by atoms with Crippen LogP contribution >= 0.6 is 0 Å². The molecular formula is C15H15NO2. The lowest BCUT2D eigenvalue weighted by atomic mass is 10.1. The summed E-state index contributed by atoms with van der Waals surface area (Å²) in [6, 6.07) is 14.9. The fourth-order valence-corrected chi connectivity index (χ4v) is 1.82. The first-order chi connectivity index (χ1) is 8.72. The summed E-state index contributed by atoms with van der Waals surface area (Å²) in [6.07, 6.45) is 0. The highest BCUT2D eigenvalue weighted by Gasteiger charge is 2.14. The number of carbonyl (C=O) groups excluding carboxylic acids is 1. The summed E-state index contributed by atoms with van der Waals surface area (Å²) in [6.45, 7) is 1.89. The molecule has 0 spiro atoms. The van der Waals surface area contributed by atoms with Crippen LogP contribution in [-0.4, -0.2) is 13.0 Å². The van der Waals surface area contributed by atoms with Crippen molar-refractivity contribution in [2.24, 2.45) is 0 Å². The van der Waals surface area contributed by atoms with Gasteiger partial charge in [-0.1, -0.05) is 30.3 Å². The molecule has 0 aromatic heterocycles. The molecule has 2 rings (SSSR count). The molecular weight excluding hydrogens is 226 g/mol. The Labute approximate surface area is 106 Å². The standard InChI is InChI=1S/C15H15NO2/c1-11-7-6-10-13(18-2)14(11)15(17)16-12-8-4-3-5-9-12/h3-10H,1-2H3,(H,16,17). The third-order valence-corrected chi connectivity index (χ3v) is 2.71. The Bertz CT molecular complexity index is 550. The van der Waals surface area contributed by atoms with Crippen molar-refractivity contribution in [2.75, 3.05) is 12.4 Å². The Kier molecular flexibility index (Phi) is 3.63. The van der Waals surface area contributed by atoms with Crippen LogP contribution in [0.4, 0.5) is 5.69 Å². The Morgan fingerprint density at radius 1 is 1.06 bits per heavy atom. The van der Waals surface area contributed by atoms with Gasteiger partial charge < -0.3 is 10.1 Å². The van der Waals surface area contributed by atoms with Gasteiger partial charge in [0, 0.05) is 5.69 Å². The number of anilines is 1. The Morgan fingerprint density at radius 3 is 2.44 bits per heavy atom. The molecule has 0 aliphatic heterocycles. The van der Waals surface area contributed by atoms with Crippen LogP contribution in [0.25, 0.3) is 0 Å². The molecule has 3 heteroatoms. The van der Waals surface area contributed by atoms with Crippen molar-refractivity contribution in [1.29, 1.82) is 0 Å². The van der Waals surface area contributed by atoms with Gasteiger partial charge in [0.2, 0.25) is 0 Å². The minimum Gasteiger partial charge on any atom is -0.496 e. The third-order valence-electron chi connectivity index (χ3n) is 2.71. The highest BCUT2D eigenvalue weighted by molar-refractivity contribution is 6.07. The molecule has 0 atom stereocenters. The molecule has 1 N–H and O–H groups in total. The first-order valence-corrected chi connectivity index (χ1v) is 5.72. The van der Waals surface area contributed by atoms with Gasteiger partial charge >= 0.3 is 0 Å². The molecule has 92 valence electrons. The summed E-state index contributed by atoms with van der Waals surface area (Å²) < 4.78 is 5.22.